The third kappa shape index (κ3) is 3.23. The van der Waals surface area contributed by atoms with Crippen LogP contribution in [0.5, 0.6) is 0 Å². The molecule has 0 radical (unpaired) electrons. The summed E-state index contributed by atoms with van der Waals surface area (Å²) < 4.78 is 1.74. The smallest absolute Gasteiger partial charge is 0.256 e. The van der Waals surface area contributed by atoms with Crippen LogP contribution in [-0.4, -0.2) is 26.5 Å². The van der Waals surface area contributed by atoms with E-state index in [2.05, 4.69) is 22.3 Å². The Morgan fingerprint density at radius 2 is 2.22 bits per heavy atom. The maximum absolute atomic E-state index is 12.7. The van der Waals surface area contributed by atoms with E-state index in [9.17, 15) is 4.79 Å². The fourth-order valence-electron chi connectivity index (χ4n) is 3.72. The Morgan fingerprint density at radius 3 is 3.00 bits per heavy atom. The molecule has 0 bridgehead atoms. The van der Waals surface area contributed by atoms with Crippen LogP contribution in [0.3, 0.4) is 0 Å². The van der Waals surface area contributed by atoms with Crippen LogP contribution in [0.2, 0.25) is 0 Å². The number of carbonyl (C=O) groups is 1. The van der Waals surface area contributed by atoms with Gasteiger partial charge in [0.15, 0.2) is 5.65 Å². The monoisotopic (exact) mass is 314 g/mol. The van der Waals surface area contributed by atoms with Crippen molar-refractivity contribution in [3.8, 4) is 0 Å². The summed E-state index contributed by atoms with van der Waals surface area (Å²) in [6, 6.07) is 2.27. The van der Waals surface area contributed by atoms with Gasteiger partial charge in [-0.25, -0.2) is 9.50 Å². The molecular weight excluding hydrogens is 288 g/mol. The molecule has 1 aliphatic rings. The highest BCUT2D eigenvalue weighted by molar-refractivity contribution is 5.99. The summed E-state index contributed by atoms with van der Waals surface area (Å²) in [5.74, 6) is 0.586. The van der Waals surface area contributed by atoms with E-state index in [-0.39, 0.29) is 5.91 Å². The highest BCUT2D eigenvalue weighted by Gasteiger charge is 2.29. The van der Waals surface area contributed by atoms with E-state index in [0.29, 0.717) is 23.2 Å². The van der Waals surface area contributed by atoms with E-state index < -0.39 is 0 Å². The van der Waals surface area contributed by atoms with Crippen LogP contribution in [0.4, 0.5) is 0 Å². The number of rotatable bonds is 5. The molecular formula is C18H26N4O. The fraction of sp³-hybridized carbons (Fsp3) is 0.611. The third-order valence-electron chi connectivity index (χ3n) is 4.93. The molecule has 23 heavy (non-hydrogen) atoms. The number of carbonyl (C=O) groups excluding carboxylic acids is 1. The zero-order chi connectivity index (χ0) is 16.4. The molecule has 1 saturated carbocycles. The Bertz CT molecular complexity index is 706. The number of fused-ring (bicyclic) bond motifs is 1. The summed E-state index contributed by atoms with van der Waals surface area (Å²) in [6.07, 6.45) is 8.85. The van der Waals surface area contributed by atoms with E-state index >= 15 is 0 Å². The van der Waals surface area contributed by atoms with Crippen molar-refractivity contribution in [2.75, 3.05) is 0 Å². The van der Waals surface area contributed by atoms with Crippen LogP contribution in [-0.2, 0) is 0 Å². The zero-order valence-corrected chi connectivity index (χ0v) is 14.3. The van der Waals surface area contributed by atoms with Crippen LogP contribution in [0.1, 0.15) is 67.2 Å². The number of aryl methyl sites for hydroxylation is 2. The van der Waals surface area contributed by atoms with Gasteiger partial charge in [-0.1, -0.05) is 26.2 Å². The SMILES string of the molecule is CCCCC1CCCC1NC(=O)c1cnn2c(C)cc(C)nc12. The highest BCUT2D eigenvalue weighted by atomic mass is 16.1. The summed E-state index contributed by atoms with van der Waals surface area (Å²) in [5.41, 5.74) is 3.14. The van der Waals surface area contributed by atoms with Crippen molar-refractivity contribution < 1.29 is 4.79 Å². The first-order valence-corrected chi connectivity index (χ1v) is 8.73. The van der Waals surface area contributed by atoms with Gasteiger partial charge in [0.2, 0.25) is 0 Å². The van der Waals surface area contributed by atoms with Crippen LogP contribution in [0, 0.1) is 19.8 Å². The minimum atomic E-state index is -0.0362. The lowest BCUT2D eigenvalue weighted by Crippen LogP contribution is -2.37. The van der Waals surface area contributed by atoms with Gasteiger partial charge in [-0.05, 0) is 45.1 Å². The van der Waals surface area contributed by atoms with Gasteiger partial charge in [0.25, 0.3) is 5.91 Å². The topological polar surface area (TPSA) is 59.3 Å². The van der Waals surface area contributed by atoms with Gasteiger partial charge in [0.1, 0.15) is 5.56 Å². The fourth-order valence-corrected chi connectivity index (χ4v) is 3.72. The summed E-state index contributed by atoms with van der Waals surface area (Å²) in [6.45, 7) is 6.14. The van der Waals surface area contributed by atoms with Gasteiger partial charge in [0, 0.05) is 17.4 Å². The first-order valence-electron chi connectivity index (χ1n) is 8.73. The van der Waals surface area contributed by atoms with Crippen molar-refractivity contribution in [2.24, 2.45) is 5.92 Å². The van der Waals surface area contributed by atoms with Crippen molar-refractivity contribution in [2.45, 2.75) is 65.3 Å². The molecule has 2 atom stereocenters. The largest absolute Gasteiger partial charge is 0.349 e. The third-order valence-corrected chi connectivity index (χ3v) is 4.93. The van der Waals surface area contributed by atoms with E-state index in [1.54, 1.807) is 10.7 Å². The molecule has 1 fully saturated rings. The van der Waals surface area contributed by atoms with Crippen molar-refractivity contribution >= 4 is 11.6 Å². The Hall–Kier alpha value is -1.91. The summed E-state index contributed by atoms with van der Waals surface area (Å²) in [7, 11) is 0. The van der Waals surface area contributed by atoms with E-state index in [0.717, 1.165) is 17.8 Å². The number of unbranched alkanes of at least 4 members (excludes halogenated alkanes) is 1. The van der Waals surface area contributed by atoms with Gasteiger partial charge in [-0.3, -0.25) is 4.79 Å². The predicted molar refractivity (Wildman–Crippen MR) is 90.6 cm³/mol. The van der Waals surface area contributed by atoms with Crippen LogP contribution in [0.25, 0.3) is 5.65 Å². The Kier molecular flexibility index (Phi) is 4.64. The first kappa shape index (κ1) is 16.0. The molecule has 2 unspecified atom stereocenters. The average molecular weight is 314 g/mol. The number of aromatic nitrogens is 3. The van der Waals surface area contributed by atoms with Gasteiger partial charge in [-0.15, -0.1) is 0 Å². The summed E-state index contributed by atoms with van der Waals surface area (Å²) in [5, 5.41) is 7.56. The van der Waals surface area contributed by atoms with Crippen LogP contribution in [0.15, 0.2) is 12.3 Å². The second-order valence-corrected chi connectivity index (χ2v) is 6.75. The number of nitrogens with one attached hydrogen (secondary N) is 1. The molecule has 0 aliphatic heterocycles. The van der Waals surface area contributed by atoms with Gasteiger partial charge in [-0.2, -0.15) is 5.10 Å². The number of hydrogen-bond acceptors (Lipinski definition) is 3. The lowest BCUT2D eigenvalue weighted by Gasteiger charge is -2.20. The molecule has 0 aromatic carbocycles. The van der Waals surface area contributed by atoms with E-state index in [4.69, 9.17) is 0 Å². The van der Waals surface area contributed by atoms with Gasteiger partial charge < -0.3 is 5.32 Å². The minimum absolute atomic E-state index is 0.0362. The first-order chi connectivity index (χ1) is 11.1. The minimum Gasteiger partial charge on any atom is -0.349 e. The molecule has 2 aromatic rings. The van der Waals surface area contributed by atoms with E-state index in [1.807, 2.05) is 19.9 Å². The maximum atomic E-state index is 12.7. The van der Waals surface area contributed by atoms with Gasteiger partial charge in [0.05, 0.1) is 6.20 Å². The summed E-state index contributed by atoms with van der Waals surface area (Å²) in [4.78, 5) is 17.2. The normalized spacial score (nSPS) is 21.0. The quantitative estimate of drug-likeness (QED) is 0.919. The molecule has 5 heteroatoms. The molecule has 1 N–H and O–H groups in total. The molecule has 1 aliphatic carbocycles. The second kappa shape index (κ2) is 6.69. The lowest BCUT2D eigenvalue weighted by molar-refractivity contribution is 0.0928. The van der Waals surface area contributed by atoms with Crippen LogP contribution >= 0.6 is 0 Å². The van der Waals surface area contributed by atoms with Gasteiger partial charge >= 0.3 is 0 Å². The average Bonchev–Trinajstić information content (AvgIpc) is 3.11. The van der Waals surface area contributed by atoms with Crippen molar-refractivity contribution in [1.29, 1.82) is 0 Å². The zero-order valence-electron chi connectivity index (χ0n) is 14.3. The number of amides is 1. The predicted octanol–water partition coefficient (Wildman–Crippen LogP) is 3.43. The molecule has 3 rings (SSSR count). The maximum Gasteiger partial charge on any atom is 0.256 e. The standard InChI is InChI=1S/C18H26N4O/c1-4-5-7-14-8-6-9-16(14)21-18(23)15-11-19-22-13(3)10-12(2)20-17(15)22/h10-11,14,16H,4-9H2,1-3H3,(H,21,23). The summed E-state index contributed by atoms with van der Waals surface area (Å²) >= 11 is 0. The molecule has 124 valence electrons. The van der Waals surface area contributed by atoms with E-state index in [1.165, 1.54) is 32.1 Å². The van der Waals surface area contributed by atoms with Crippen molar-refractivity contribution in [3.05, 3.63) is 29.2 Å². The molecule has 0 saturated heterocycles. The lowest BCUT2D eigenvalue weighted by atomic mass is 9.96. The Morgan fingerprint density at radius 1 is 1.39 bits per heavy atom. The van der Waals surface area contributed by atoms with Crippen molar-refractivity contribution in [3.63, 3.8) is 0 Å². The highest BCUT2D eigenvalue weighted by Crippen LogP contribution is 2.30. The Labute approximate surface area is 137 Å². The number of nitrogens with zero attached hydrogens (tertiary/aromatic N) is 3. The van der Waals surface area contributed by atoms with Crippen molar-refractivity contribution in [1.82, 2.24) is 19.9 Å². The molecule has 2 heterocycles. The van der Waals surface area contributed by atoms with Crippen LogP contribution < -0.4 is 5.32 Å². The molecule has 1 amide bonds. The number of hydrogen-bond donors (Lipinski definition) is 1. The molecule has 0 spiro atoms. The second-order valence-electron chi connectivity index (χ2n) is 6.75. The molecule has 5 nitrogen and oxygen atoms in total. The Balaban J connectivity index is 1.78. The molecule has 2 aromatic heterocycles.